The van der Waals surface area contributed by atoms with Crippen LogP contribution >= 0.6 is 0 Å². The third kappa shape index (κ3) is 1.96. The lowest BCUT2D eigenvalue weighted by atomic mass is 10.0. The van der Waals surface area contributed by atoms with Crippen LogP contribution in [0.1, 0.15) is 6.92 Å². The number of nitro benzene ring substituents is 1. The SMILES string of the molecule is CC(=O)[C@@H]1C(=O)C(=O)N(c2ccc([N+](=O)[O-])cc2)C1=O. The van der Waals surface area contributed by atoms with E-state index < -0.39 is 34.2 Å². The second kappa shape index (κ2) is 4.65. The van der Waals surface area contributed by atoms with Gasteiger partial charge in [0.15, 0.2) is 5.92 Å². The van der Waals surface area contributed by atoms with Crippen LogP contribution in [-0.2, 0) is 19.2 Å². The van der Waals surface area contributed by atoms with Gasteiger partial charge in [-0.15, -0.1) is 0 Å². The molecule has 1 aromatic rings. The summed E-state index contributed by atoms with van der Waals surface area (Å²) < 4.78 is 0. The van der Waals surface area contributed by atoms with Gasteiger partial charge < -0.3 is 0 Å². The van der Waals surface area contributed by atoms with E-state index in [1.54, 1.807) is 0 Å². The number of carbonyl (C=O) groups is 4. The summed E-state index contributed by atoms with van der Waals surface area (Å²) in [6, 6.07) is 4.54. The summed E-state index contributed by atoms with van der Waals surface area (Å²) in [7, 11) is 0. The number of hydrogen-bond donors (Lipinski definition) is 0. The van der Waals surface area contributed by atoms with Crippen molar-refractivity contribution in [1.29, 1.82) is 0 Å². The first-order valence-electron chi connectivity index (χ1n) is 5.51. The number of hydrogen-bond acceptors (Lipinski definition) is 6. The van der Waals surface area contributed by atoms with Gasteiger partial charge in [0.2, 0.25) is 5.78 Å². The molecule has 8 nitrogen and oxygen atoms in total. The summed E-state index contributed by atoms with van der Waals surface area (Å²) in [4.78, 5) is 56.9. The Labute approximate surface area is 112 Å². The summed E-state index contributed by atoms with van der Waals surface area (Å²) in [5.74, 6) is -5.44. The Morgan fingerprint density at radius 2 is 1.75 bits per heavy atom. The molecule has 0 bridgehead atoms. The van der Waals surface area contributed by atoms with Crippen LogP contribution < -0.4 is 4.90 Å². The maximum absolute atomic E-state index is 11.9. The van der Waals surface area contributed by atoms with E-state index in [4.69, 9.17) is 0 Å². The molecule has 0 N–H and O–H groups in total. The molecule has 1 aliphatic rings. The minimum atomic E-state index is -1.61. The predicted octanol–water partition coefficient (Wildman–Crippen LogP) is 0.242. The average Bonchev–Trinajstić information content (AvgIpc) is 2.60. The second-order valence-corrected chi connectivity index (χ2v) is 4.16. The van der Waals surface area contributed by atoms with Crippen LogP contribution in [0.2, 0.25) is 0 Å². The summed E-state index contributed by atoms with van der Waals surface area (Å²) in [5, 5.41) is 10.5. The summed E-state index contributed by atoms with van der Waals surface area (Å²) in [6.07, 6.45) is 0. The lowest BCUT2D eigenvalue weighted by Gasteiger charge is -2.12. The summed E-state index contributed by atoms with van der Waals surface area (Å²) in [6.45, 7) is 1.05. The number of Topliss-reactive ketones (excluding diaryl/α,β-unsaturated/α-hetero) is 2. The van der Waals surface area contributed by atoms with Gasteiger partial charge in [0.05, 0.1) is 10.6 Å². The molecule has 2 amide bonds. The van der Waals surface area contributed by atoms with Crippen molar-refractivity contribution >= 4 is 34.8 Å². The topological polar surface area (TPSA) is 115 Å². The number of carbonyl (C=O) groups excluding carboxylic acids is 4. The minimum Gasteiger partial charge on any atom is -0.299 e. The maximum atomic E-state index is 11.9. The molecular formula is C12H8N2O6. The first-order valence-corrected chi connectivity index (χ1v) is 5.51. The smallest absolute Gasteiger partial charge is 0.299 e. The standard InChI is InChI=1S/C12H8N2O6/c1-6(15)9-10(16)12(18)13(11(9)17)7-2-4-8(5-3-7)14(19)20/h2-5,9H,1H3/t9-/m1/s1. The van der Waals surface area contributed by atoms with E-state index in [0.29, 0.717) is 4.90 Å². The van der Waals surface area contributed by atoms with E-state index >= 15 is 0 Å². The van der Waals surface area contributed by atoms with Crippen LogP contribution in [0.5, 0.6) is 0 Å². The average molecular weight is 276 g/mol. The summed E-state index contributed by atoms with van der Waals surface area (Å²) in [5.41, 5.74) is -0.204. The Hall–Kier alpha value is -2.90. The van der Waals surface area contributed by atoms with Gasteiger partial charge >= 0.3 is 5.91 Å². The molecule has 0 saturated carbocycles. The van der Waals surface area contributed by atoms with Gasteiger partial charge in [0.1, 0.15) is 5.78 Å². The van der Waals surface area contributed by atoms with E-state index in [-0.39, 0.29) is 11.4 Å². The van der Waals surface area contributed by atoms with Gasteiger partial charge in [0, 0.05) is 12.1 Å². The fraction of sp³-hybridized carbons (Fsp3) is 0.167. The van der Waals surface area contributed by atoms with Crippen molar-refractivity contribution in [3.63, 3.8) is 0 Å². The third-order valence-corrected chi connectivity index (χ3v) is 2.87. The number of anilines is 1. The van der Waals surface area contributed by atoms with Crippen LogP contribution in [-0.4, -0.2) is 28.3 Å². The van der Waals surface area contributed by atoms with Crippen molar-refractivity contribution in [3.8, 4) is 0 Å². The molecule has 2 rings (SSSR count). The highest BCUT2D eigenvalue weighted by Crippen LogP contribution is 2.26. The van der Waals surface area contributed by atoms with Crippen molar-refractivity contribution in [1.82, 2.24) is 0 Å². The Morgan fingerprint density at radius 3 is 2.15 bits per heavy atom. The molecule has 1 aliphatic heterocycles. The number of nitro groups is 1. The first-order chi connectivity index (χ1) is 9.34. The molecule has 20 heavy (non-hydrogen) atoms. The van der Waals surface area contributed by atoms with Crippen LogP contribution in [0, 0.1) is 16.0 Å². The monoisotopic (exact) mass is 276 g/mol. The molecule has 102 valence electrons. The van der Waals surface area contributed by atoms with Crippen LogP contribution in [0.4, 0.5) is 11.4 Å². The van der Waals surface area contributed by atoms with Gasteiger partial charge in [-0.2, -0.15) is 0 Å². The van der Waals surface area contributed by atoms with Crippen LogP contribution in [0.3, 0.4) is 0 Å². The number of non-ortho nitro benzene ring substituents is 1. The van der Waals surface area contributed by atoms with E-state index in [9.17, 15) is 29.3 Å². The number of amides is 2. The van der Waals surface area contributed by atoms with E-state index in [1.165, 1.54) is 12.1 Å². The van der Waals surface area contributed by atoms with E-state index in [0.717, 1.165) is 19.1 Å². The lowest BCUT2D eigenvalue weighted by molar-refractivity contribution is -0.384. The van der Waals surface area contributed by atoms with Crippen molar-refractivity contribution in [3.05, 3.63) is 34.4 Å². The zero-order valence-electron chi connectivity index (χ0n) is 10.2. The molecule has 0 unspecified atom stereocenters. The predicted molar refractivity (Wildman–Crippen MR) is 64.8 cm³/mol. The highest BCUT2D eigenvalue weighted by atomic mass is 16.6. The first kappa shape index (κ1) is 13.5. The highest BCUT2D eigenvalue weighted by molar-refractivity contribution is 6.59. The molecule has 8 heteroatoms. The Kier molecular flexibility index (Phi) is 3.15. The molecule has 0 aromatic heterocycles. The zero-order chi connectivity index (χ0) is 15.0. The largest absolute Gasteiger partial charge is 0.302 e. The fourth-order valence-electron chi connectivity index (χ4n) is 1.90. The lowest BCUT2D eigenvalue weighted by Crippen LogP contribution is -2.31. The quantitative estimate of drug-likeness (QED) is 0.257. The fourth-order valence-corrected chi connectivity index (χ4v) is 1.90. The number of rotatable bonds is 3. The van der Waals surface area contributed by atoms with Gasteiger partial charge in [-0.1, -0.05) is 0 Å². The molecule has 1 heterocycles. The number of ketones is 2. The van der Waals surface area contributed by atoms with Gasteiger partial charge in [0.25, 0.3) is 11.6 Å². The number of nitrogens with zero attached hydrogens (tertiary/aromatic N) is 2. The Bertz CT molecular complexity index is 648. The minimum absolute atomic E-state index is 0.0164. The maximum Gasteiger partial charge on any atom is 0.302 e. The van der Waals surface area contributed by atoms with Crippen LogP contribution in [0.15, 0.2) is 24.3 Å². The molecule has 1 aromatic carbocycles. The Balaban J connectivity index is 2.40. The third-order valence-electron chi connectivity index (χ3n) is 2.87. The van der Waals surface area contributed by atoms with E-state index in [1.807, 2.05) is 0 Å². The highest BCUT2D eigenvalue weighted by Gasteiger charge is 2.49. The molecule has 1 saturated heterocycles. The zero-order valence-corrected chi connectivity index (χ0v) is 10.2. The molecule has 0 radical (unpaired) electrons. The molecule has 0 aliphatic carbocycles. The van der Waals surface area contributed by atoms with Gasteiger partial charge in [-0.05, 0) is 19.1 Å². The van der Waals surface area contributed by atoms with Crippen molar-refractivity contribution in [2.24, 2.45) is 5.92 Å². The van der Waals surface area contributed by atoms with Crippen LogP contribution in [0.25, 0.3) is 0 Å². The van der Waals surface area contributed by atoms with Gasteiger partial charge in [-0.25, -0.2) is 4.90 Å². The second-order valence-electron chi connectivity index (χ2n) is 4.16. The van der Waals surface area contributed by atoms with E-state index in [2.05, 4.69) is 0 Å². The van der Waals surface area contributed by atoms with Crippen molar-refractivity contribution in [2.75, 3.05) is 4.90 Å². The number of imide groups is 1. The molecule has 0 spiro atoms. The molecular weight excluding hydrogens is 268 g/mol. The van der Waals surface area contributed by atoms with Gasteiger partial charge in [-0.3, -0.25) is 29.3 Å². The number of benzene rings is 1. The Morgan fingerprint density at radius 1 is 1.20 bits per heavy atom. The molecule has 1 atom stereocenters. The summed E-state index contributed by atoms with van der Waals surface area (Å²) >= 11 is 0. The normalized spacial score (nSPS) is 18.6. The van der Waals surface area contributed by atoms with Crippen molar-refractivity contribution < 1.29 is 24.1 Å². The molecule has 1 fully saturated rings. The van der Waals surface area contributed by atoms with Crippen molar-refractivity contribution in [2.45, 2.75) is 6.92 Å².